The molecule has 0 radical (unpaired) electrons. The summed E-state index contributed by atoms with van der Waals surface area (Å²) in [6, 6.07) is 6.66. The number of para-hydroxylation sites is 1. The van der Waals surface area contributed by atoms with E-state index in [0.29, 0.717) is 24.3 Å². The lowest BCUT2D eigenvalue weighted by atomic mass is 10.1. The molecule has 1 aliphatic rings. The number of benzene rings is 1. The van der Waals surface area contributed by atoms with Crippen LogP contribution in [0, 0.1) is 0 Å². The van der Waals surface area contributed by atoms with Crippen molar-refractivity contribution >= 4 is 17.6 Å². The van der Waals surface area contributed by atoms with Gasteiger partial charge in [-0.25, -0.2) is 4.79 Å². The summed E-state index contributed by atoms with van der Waals surface area (Å²) in [6.07, 6.45) is 2.96. The van der Waals surface area contributed by atoms with E-state index in [9.17, 15) is 9.59 Å². The molecule has 1 heterocycles. The molecule has 1 fully saturated rings. The molecule has 1 aromatic carbocycles. The number of hydrogen-bond acceptors (Lipinski definition) is 3. The predicted octanol–water partition coefficient (Wildman–Crippen LogP) is 2.13. The van der Waals surface area contributed by atoms with E-state index in [1.807, 2.05) is 6.92 Å². The SMILES string of the molecule is CCCNC(=O)Nc1ccccc1C(=O)NC[C@@H]1CCCO1. The number of carbonyl (C=O) groups is 2. The van der Waals surface area contributed by atoms with Crippen LogP contribution in [0.3, 0.4) is 0 Å². The number of carbonyl (C=O) groups excluding carboxylic acids is 2. The van der Waals surface area contributed by atoms with Crippen molar-refractivity contribution in [1.82, 2.24) is 10.6 Å². The molecule has 0 unspecified atom stereocenters. The summed E-state index contributed by atoms with van der Waals surface area (Å²) in [5.41, 5.74) is 0.952. The molecule has 1 aliphatic heterocycles. The molecule has 1 saturated heterocycles. The van der Waals surface area contributed by atoms with Crippen LogP contribution in [0.2, 0.25) is 0 Å². The van der Waals surface area contributed by atoms with Crippen LogP contribution in [-0.4, -0.2) is 37.7 Å². The maximum Gasteiger partial charge on any atom is 0.319 e. The third kappa shape index (κ3) is 4.73. The first-order valence-electron chi connectivity index (χ1n) is 7.74. The molecule has 3 amide bonds. The Morgan fingerprint density at radius 1 is 1.27 bits per heavy atom. The molecule has 6 heteroatoms. The van der Waals surface area contributed by atoms with Crippen molar-refractivity contribution in [3.05, 3.63) is 29.8 Å². The Balaban J connectivity index is 1.94. The van der Waals surface area contributed by atoms with Crippen LogP contribution in [0.15, 0.2) is 24.3 Å². The average Bonchev–Trinajstić information content (AvgIpc) is 3.04. The van der Waals surface area contributed by atoms with Crippen molar-refractivity contribution in [2.45, 2.75) is 32.3 Å². The highest BCUT2D eigenvalue weighted by atomic mass is 16.5. The predicted molar refractivity (Wildman–Crippen MR) is 85.1 cm³/mol. The number of urea groups is 1. The smallest absolute Gasteiger partial charge is 0.319 e. The highest BCUT2D eigenvalue weighted by Gasteiger charge is 2.18. The van der Waals surface area contributed by atoms with Gasteiger partial charge in [0.05, 0.1) is 17.4 Å². The van der Waals surface area contributed by atoms with E-state index in [4.69, 9.17) is 4.74 Å². The summed E-state index contributed by atoms with van der Waals surface area (Å²) in [6.45, 7) is 3.83. The Morgan fingerprint density at radius 3 is 2.82 bits per heavy atom. The second kappa shape index (κ2) is 8.38. The van der Waals surface area contributed by atoms with Crippen LogP contribution in [-0.2, 0) is 4.74 Å². The fraction of sp³-hybridized carbons (Fsp3) is 0.500. The molecule has 0 bridgehead atoms. The summed E-state index contributed by atoms with van der Waals surface area (Å²) in [5.74, 6) is -0.207. The standard InChI is InChI=1S/C16H23N3O3/c1-2-9-17-16(21)19-14-8-4-3-7-13(14)15(20)18-11-12-6-5-10-22-12/h3-4,7-8,12H,2,5-6,9-11H2,1H3,(H,18,20)(H2,17,19,21)/t12-/m0/s1. The molecule has 0 spiro atoms. The van der Waals surface area contributed by atoms with Gasteiger partial charge in [-0.1, -0.05) is 19.1 Å². The van der Waals surface area contributed by atoms with Crippen LogP contribution in [0.1, 0.15) is 36.5 Å². The summed E-state index contributed by atoms with van der Waals surface area (Å²) >= 11 is 0. The van der Waals surface area contributed by atoms with Crippen molar-refractivity contribution in [2.24, 2.45) is 0 Å². The molecule has 0 saturated carbocycles. The van der Waals surface area contributed by atoms with Gasteiger partial charge in [-0.2, -0.15) is 0 Å². The van der Waals surface area contributed by atoms with Crippen molar-refractivity contribution in [3.8, 4) is 0 Å². The Labute approximate surface area is 130 Å². The lowest BCUT2D eigenvalue weighted by Gasteiger charge is -2.14. The Morgan fingerprint density at radius 2 is 2.09 bits per heavy atom. The molecule has 0 aliphatic carbocycles. The molecule has 2 rings (SSSR count). The van der Waals surface area contributed by atoms with E-state index < -0.39 is 0 Å². The van der Waals surface area contributed by atoms with E-state index in [1.54, 1.807) is 24.3 Å². The molecule has 1 aromatic rings. The Bertz CT molecular complexity index is 513. The minimum atomic E-state index is -0.304. The zero-order valence-corrected chi connectivity index (χ0v) is 12.9. The fourth-order valence-corrected chi connectivity index (χ4v) is 2.30. The third-order valence-corrected chi connectivity index (χ3v) is 3.47. The normalized spacial score (nSPS) is 17.0. The molecule has 1 atom stereocenters. The Hall–Kier alpha value is -2.08. The van der Waals surface area contributed by atoms with Gasteiger partial charge in [-0.15, -0.1) is 0 Å². The van der Waals surface area contributed by atoms with Gasteiger partial charge >= 0.3 is 6.03 Å². The summed E-state index contributed by atoms with van der Waals surface area (Å²) in [4.78, 5) is 24.0. The zero-order valence-electron chi connectivity index (χ0n) is 12.9. The number of nitrogens with one attached hydrogen (secondary N) is 3. The van der Waals surface area contributed by atoms with Crippen molar-refractivity contribution in [2.75, 3.05) is 25.0 Å². The fourth-order valence-electron chi connectivity index (χ4n) is 2.30. The van der Waals surface area contributed by atoms with E-state index in [0.717, 1.165) is 25.9 Å². The van der Waals surface area contributed by atoms with Crippen LogP contribution in [0.5, 0.6) is 0 Å². The molecule has 22 heavy (non-hydrogen) atoms. The van der Waals surface area contributed by atoms with Gasteiger partial charge in [0.15, 0.2) is 0 Å². The molecule has 6 nitrogen and oxygen atoms in total. The van der Waals surface area contributed by atoms with E-state index in [1.165, 1.54) is 0 Å². The lowest BCUT2D eigenvalue weighted by molar-refractivity contribution is 0.0858. The van der Waals surface area contributed by atoms with E-state index in [2.05, 4.69) is 16.0 Å². The highest BCUT2D eigenvalue weighted by Crippen LogP contribution is 2.15. The number of hydrogen-bond donors (Lipinski definition) is 3. The monoisotopic (exact) mass is 305 g/mol. The highest BCUT2D eigenvalue weighted by molar-refractivity contribution is 6.03. The van der Waals surface area contributed by atoms with Crippen molar-refractivity contribution in [1.29, 1.82) is 0 Å². The molecular formula is C16H23N3O3. The van der Waals surface area contributed by atoms with Crippen LogP contribution < -0.4 is 16.0 Å². The second-order valence-corrected chi connectivity index (χ2v) is 5.27. The van der Waals surface area contributed by atoms with Gasteiger partial charge in [-0.05, 0) is 31.4 Å². The van der Waals surface area contributed by atoms with Gasteiger partial charge in [-0.3, -0.25) is 4.79 Å². The number of rotatable bonds is 6. The first-order chi connectivity index (χ1) is 10.7. The maximum absolute atomic E-state index is 12.3. The average molecular weight is 305 g/mol. The van der Waals surface area contributed by atoms with Gasteiger partial charge in [0, 0.05) is 19.7 Å². The van der Waals surface area contributed by atoms with Crippen LogP contribution in [0.25, 0.3) is 0 Å². The van der Waals surface area contributed by atoms with Crippen LogP contribution in [0.4, 0.5) is 10.5 Å². The molecular weight excluding hydrogens is 282 g/mol. The minimum Gasteiger partial charge on any atom is -0.376 e. The minimum absolute atomic E-state index is 0.0944. The van der Waals surface area contributed by atoms with Gasteiger partial charge in [0.1, 0.15) is 0 Å². The number of ether oxygens (including phenoxy) is 1. The quantitative estimate of drug-likeness (QED) is 0.753. The Kier molecular flexibility index (Phi) is 6.21. The van der Waals surface area contributed by atoms with E-state index >= 15 is 0 Å². The largest absolute Gasteiger partial charge is 0.376 e. The summed E-state index contributed by atoms with van der Waals surface area (Å²) in [7, 11) is 0. The third-order valence-electron chi connectivity index (χ3n) is 3.47. The first-order valence-corrected chi connectivity index (χ1v) is 7.74. The number of amides is 3. The second-order valence-electron chi connectivity index (χ2n) is 5.27. The van der Waals surface area contributed by atoms with Gasteiger partial charge in [0.2, 0.25) is 0 Å². The van der Waals surface area contributed by atoms with Crippen LogP contribution >= 0.6 is 0 Å². The lowest BCUT2D eigenvalue weighted by Crippen LogP contribution is -2.33. The van der Waals surface area contributed by atoms with E-state index in [-0.39, 0.29) is 18.0 Å². The maximum atomic E-state index is 12.3. The van der Waals surface area contributed by atoms with Gasteiger partial charge in [0.25, 0.3) is 5.91 Å². The first kappa shape index (κ1) is 16.3. The summed E-state index contributed by atoms with van der Waals surface area (Å²) in [5, 5.41) is 8.30. The topological polar surface area (TPSA) is 79.5 Å². The van der Waals surface area contributed by atoms with Crippen molar-refractivity contribution in [3.63, 3.8) is 0 Å². The zero-order chi connectivity index (χ0) is 15.8. The van der Waals surface area contributed by atoms with Crippen molar-refractivity contribution < 1.29 is 14.3 Å². The number of anilines is 1. The molecule has 0 aromatic heterocycles. The molecule has 120 valence electrons. The molecule has 3 N–H and O–H groups in total. The summed E-state index contributed by atoms with van der Waals surface area (Å²) < 4.78 is 5.48. The van der Waals surface area contributed by atoms with Gasteiger partial charge < -0.3 is 20.7 Å².